The van der Waals surface area contributed by atoms with Gasteiger partial charge in [0.05, 0.1) is 12.6 Å². The Bertz CT molecular complexity index is 345. The van der Waals surface area contributed by atoms with Crippen LogP contribution in [0.1, 0.15) is 16.8 Å². The quantitative estimate of drug-likeness (QED) is 0.626. The number of carbonyl (C=O) groups excluding carboxylic acids is 1. The second-order valence-corrected chi connectivity index (χ2v) is 3.76. The first kappa shape index (κ1) is 13.5. The summed E-state index contributed by atoms with van der Waals surface area (Å²) < 4.78 is 4.97. The van der Waals surface area contributed by atoms with Gasteiger partial charge in [0.15, 0.2) is 0 Å². The number of anilines is 1. The lowest BCUT2D eigenvalue weighted by Crippen LogP contribution is -2.38. The number of rotatable bonds is 6. The molecule has 17 heavy (non-hydrogen) atoms. The maximum absolute atomic E-state index is 11.8. The first-order chi connectivity index (χ1) is 8.17. The van der Waals surface area contributed by atoms with Gasteiger partial charge in [0.1, 0.15) is 0 Å². The molecule has 0 spiro atoms. The molecule has 0 heterocycles. The summed E-state index contributed by atoms with van der Waals surface area (Å²) >= 11 is 0. The lowest BCUT2D eigenvalue weighted by Gasteiger charge is -2.16. The fourth-order valence-corrected chi connectivity index (χ4v) is 1.46. The Labute approximate surface area is 101 Å². The van der Waals surface area contributed by atoms with Gasteiger partial charge in [-0.15, -0.1) is 0 Å². The van der Waals surface area contributed by atoms with Crippen LogP contribution < -0.4 is 11.1 Å². The molecule has 0 saturated carbocycles. The summed E-state index contributed by atoms with van der Waals surface area (Å²) in [6.07, 6.45) is 0.467. The van der Waals surface area contributed by atoms with E-state index in [4.69, 9.17) is 15.6 Å². The van der Waals surface area contributed by atoms with Crippen molar-refractivity contribution in [2.24, 2.45) is 0 Å². The molecule has 0 aliphatic carbocycles. The van der Waals surface area contributed by atoms with Gasteiger partial charge >= 0.3 is 0 Å². The highest BCUT2D eigenvalue weighted by Crippen LogP contribution is 2.06. The molecule has 0 radical (unpaired) electrons. The number of ether oxygens (including phenoxy) is 1. The second-order valence-electron chi connectivity index (χ2n) is 3.76. The number of carbonyl (C=O) groups is 1. The SMILES string of the molecule is COCC(CCO)NC(=O)c1ccc(N)cc1. The fraction of sp³-hybridized carbons (Fsp3) is 0.417. The van der Waals surface area contributed by atoms with Gasteiger partial charge in [0, 0.05) is 25.0 Å². The van der Waals surface area contributed by atoms with Gasteiger partial charge < -0.3 is 20.9 Å². The zero-order valence-corrected chi connectivity index (χ0v) is 9.85. The lowest BCUT2D eigenvalue weighted by atomic mass is 10.1. The molecular weight excluding hydrogens is 220 g/mol. The molecule has 1 rings (SSSR count). The zero-order valence-electron chi connectivity index (χ0n) is 9.85. The molecule has 1 aromatic carbocycles. The Morgan fingerprint density at radius 2 is 2.12 bits per heavy atom. The van der Waals surface area contributed by atoms with Crippen molar-refractivity contribution in [1.82, 2.24) is 5.32 Å². The van der Waals surface area contributed by atoms with E-state index in [0.717, 1.165) is 0 Å². The van der Waals surface area contributed by atoms with Crippen LogP contribution in [-0.4, -0.2) is 37.4 Å². The van der Waals surface area contributed by atoms with Gasteiger partial charge in [-0.2, -0.15) is 0 Å². The van der Waals surface area contributed by atoms with Crippen molar-refractivity contribution in [3.8, 4) is 0 Å². The first-order valence-corrected chi connectivity index (χ1v) is 5.43. The summed E-state index contributed by atoms with van der Waals surface area (Å²) in [4.78, 5) is 11.8. The molecule has 0 aliphatic rings. The van der Waals surface area contributed by atoms with Gasteiger partial charge in [-0.1, -0.05) is 0 Å². The van der Waals surface area contributed by atoms with Crippen molar-refractivity contribution in [2.75, 3.05) is 26.1 Å². The van der Waals surface area contributed by atoms with Crippen molar-refractivity contribution in [2.45, 2.75) is 12.5 Å². The topological polar surface area (TPSA) is 84.6 Å². The van der Waals surface area contributed by atoms with E-state index in [0.29, 0.717) is 24.3 Å². The van der Waals surface area contributed by atoms with Crippen LogP contribution >= 0.6 is 0 Å². The number of hydrogen-bond acceptors (Lipinski definition) is 4. The largest absolute Gasteiger partial charge is 0.399 e. The summed E-state index contributed by atoms with van der Waals surface area (Å²) in [6, 6.07) is 6.48. The van der Waals surface area contributed by atoms with Crippen LogP contribution in [0, 0.1) is 0 Å². The summed E-state index contributed by atoms with van der Waals surface area (Å²) in [5, 5.41) is 11.6. The molecule has 94 valence electrons. The van der Waals surface area contributed by atoms with Gasteiger partial charge in [0.25, 0.3) is 5.91 Å². The van der Waals surface area contributed by atoms with Gasteiger partial charge in [-0.25, -0.2) is 0 Å². The molecule has 0 aromatic heterocycles. The van der Waals surface area contributed by atoms with Crippen LogP contribution in [-0.2, 0) is 4.74 Å². The molecule has 0 aliphatic heterocycles. The summed E-state index contributed by atoms with van der Waals surface area (Å²) in [5.74, 6) is -0.194. The third kappa shape index (κ3) is 4.42. The Hall–Kier alpha value is -1.59. The number of nitrogen functional groups attached to an aromatic ring is 1. The minimum atomic E-state index is -0.194. The standard InChI is InChI=1S/C12H18N2O3/c1-17-8-11(6-7-15)14-12(16)9-2-4-10(13)5-3-9/h2-5,11,15H,6-8,13H2,1H3,(H,14,16). The fourth-order valence-electron chi connectivity index (χ4n) is 1.46. The highest BCUT2D eigenvalue weighted by Gasteiger charge is 2.12. The van der Waals surface area contributed by atoms with Gasteiger partial charge in [-0.3, -0.25) is 4.79 Å². The molecule has 4 N–H and O–H groups in total. The van der Waals surface area contributed by atoms with E-state index in [9.17, 15) is 4.79 Å². The smallest absolute Gasteiger partial charge is 0.251 e. The van der Waals surface area contributed by atoms with Crippen molar-refractivity contribution in [3.63, 3.8) is 0 Å². The third-order valence-corrected chi connectivity index (χ3v) is 2.35. The van der Waals surface area contributed by atoms with Crippen LogP contribution in [0.3, 0.4) is 0 Å². The van der Waals surface area contributed by atoms with Crippen LogP contribution in [0.2, 0.25) is 0 Å². The lowest BCUT2D eigenvalue weighted by molar-refractivity contribution is 0.0879. The van der Waals surface area contributed by atoms with Gasteiger partial charge in [0.2, 0.25) is 0 Å². The van der Waals surface area contributed by atoms with Crippen molar-refractivity contribution >= 4 is 11.6 Å². The number of benzene rings is 1. The second kappa shape index (κ2) is 6.88. The molecule has 1 amide bonds. The maximum Gasteiger partial charge on any atom is 0.251 e. The van der Waals surface area contributed by atoms with Crippen LogP contribution in [0.4, 0.5) is 5.69 Å². The molecule has 0 fully saturated rings. The number of aliphatic hydroxyl groups excluding tert-OH is 1. The van der Waals surface area contributed by atoms with E-state index < -0.39 is 0 Å². The molecule has 1 atom stereocenters. The Morgan fingerprint density at radius 3 is 2.65 bits per heavy atom. The van der Waals surface area contributed by atoms with Crippen LogP contribution in [0.15, 0.2) is 24.3 Å². The highest BCUT2D eigenvalue weighted by molar-refractivity contribution is 5.94. The van der Waals surface area contributed by atoms with Crippen LogP contribution in [0.5, 0.6) is 0 Å². The summed E-state index contributed by atoms with van der Waals surface area (Å²) in [5.41, 5.74) is 6.69. The maximum atomic E-state index is 11.8. The average Bonchev–Trinajstić information content (AvgIpc) is 2.30. The number of methoxy groups -OCH3 is 1. The predicted octanol–water partition coefficient (Wildman–Crippen LogP) is 0.396. The van der Waals surface area contributed by atoms with Crippen molar-refractivity contribution in [3.05, 3.63) is 29.8 Å². The number of amides is 1. The highest BCUT2D eigenvalue weighted by atomic mass is 16.5. The Morgan fingerprint density at radius 1 is 1.47 bits per heavy atom. The molecule has 5 nitrogen and oxygen atoms in total. The number of nitrogens with one attached hydrogen (secondary N) is 1. The van der Waals surface area contributed by atoms with E-state index in [1.807, 2.05) is 0 Å². The average molecular weight is 238 g/mol. The normalized spacial score (nSPS) is 12.1. The third-order valence-electron chi connectivity index (χ3n) is 2.35. The number of hydrogen-bond donors (Lipinski definition) is 3. The predicted molar refractivity (Wildman–Crippen MR) is 65.7 cm³/mol. The number of aliphatic hydroxyl groups is 1. The first-order valence-electron chi connectivity index (χ1n) is 5.43. The van der Waals surface area contributed by atoms with Crippen molar-refractivity contribution < 1.29 is 14.6 Å². The Kier molecular flexibility index (Phi) is 5.45. The molecule has 0 bridgehead atoms. The van der Waals surface area contributed by atoms with E-state index in [1.54, 1.807) is 31.4 Å². The van der Waals surface area contributed by atoms with Crippen LogP contribution in [0.25, 0.3) is 0 Å². The van der Waals surface area contributed by atoms with Gasteiger partial charge in [-0.05, 0) is 30.7 Å². The van der Waals surface area contributed by atoms with E-state index in [2.05, 4.69) is 5.32 Å². The minimum absolute atomic E-state index is 0.00996. The molecular formula is C12H18N2O3. The van der Waals surface area contributed by atoms with E-state index in [-0.39, 0.29) is 18.6 Å². The molecule has 0 saturated heterocycles. The Balaban J connectivity index is 2.60. The van der Waals surface area contributed by atoms with E-state index in [1.165, 1.54) is 0 Å². The molecule has 1 unspecified atom stereocenters. The zero-order chi connectivity index (χ0) is 12.7. The molecule has 5 heteroatoms. The number of nitrogens with two attached hydrogens (primary N) is 1. The minimum Gasteiger partial charge on any atom is -0.399 e. The summed E-state index contributed by atoms with van der Waals surface area (Å²) in [7, 11) is 1.56. The monoisotopic (exact) mass is 238 g/mol. The van der Waals surface area contributed by atoms with Crippen molar-refractivity contribution in [1.29, 1.82) is 0 Å². The molecule has 1 aromatic rings. The summed E-state index contributed by atoms with van der Waals surface area (Å²) in [6.45, 7) is 0.386. The van der Waals surface area contributed by atoms with E-state index >= 15 is 0 Å².